The third-order valence-corrected chi connectivity index (χ3v) is 5.64. The number of aryl methyl sites for hydroxylation is 1. The van der Waals surface area contributed by atoms with Gasteiger partial charge in [0.05, 0.1) is 4.90 Å². The maximum atomic E-state index is 12.6. The van der Waals surface area contributed by atoms with E-state index in [2.05, 4.69) is 6.92 Å². The number of halogens is 1. The Morgan fingerprint density at radius 1 is 1.38 bits per heavy atom. The van der Waals surface area contributed by atoms with E-state index >= 15 is 0 Å². The number of benzene rings is 1. The van der Waals surface area contributed by atoms with Gasteiger partial charge < -0.3 is 4.90 Å². The molecule has 0 aliphatic carbocycles. The zero-order valence-corrected chi connectivity index (χ0v) is 14.1. The van der Waals surface area contributed by atoms with Crippen LogP contribution in [0, 0.1) is 19.8 Å². The van der Waals surface area contributed by atoms with Crippen molar-refractivity contribution in [2.45, 2.75) is 38.5 Å². The zero-order valence-electron chi connectivity index (χ0n) is 12.5. The van der Waals surface area contributed by atoms with Crippen molar-refractivity contribution in [2.24, 2.45) is 5.92 Å². The van der Waals surface area contributed by atoms with Gasteiger partial charge in [-0.2, -0.15) is 0 Å². The highest BCUT2D eigenvalue weighted by Gasteiger charge is 2.28. The van der Waals surface area contributed by atoms with E-state index in [1.54, 1.807) is 11.8 Å². The monoisotopic (exact) mass is 329 g/mol. The van der Waals surface area contributed by atoms with Crippen molar-refractivity contribution in [2.75, 3.05) is 13.1 Å². The van der Waals surface area contributed by atoms with Crippen LogP contribution in [0.2, 0.25) is 0 Å². The first-order chi connectivity index (χ1) is 9.74. The first-order valence-corrected chi connectivity index (χ1v) is 9.40. The van der Waals surface area contributed by atoms with Crippen LogP contribution in [0.1, 0.15) is 41.3 Å². The van der Waals surface area contributed by atoms with Crippen LogP contribution in [0.5, 0.6) is 0 Å². The third-order valence-electron chi connectivity index (χ3n) is 4.30. The van der Waals surface area contributed by atoms with Crippen LogP contribution in [0.25, 0.3) is 0 Å². The van der Waals surface area contributed by atoms with Crippen molar-refractivity contribution < 1.29 is 13.2 Å². The van der Waals surface area contributed by atoms with Crippen molar-refractivity contribution in [1.82, 2.24) is 4.90 Å². The Bertz CT molecular complexity index is 670. The summed E-state index contributed by atoms with van der Waals surface area (Å²) >= 11 is 0. The highest BCUT2D eigenvalue weighted by molar-refractivity contribution is 8.13. The molecule has 1 saturated heterocycles. The SMILES string of the molecule is CCC1CCN(C(=O)c2cc(S(=O)(=O)Cl)cc(C)c2C)C1. The molecule has 4 nitrogen and oxygen atoms in total. The molecule has 1 aliphatic heterocycles. The van der Waals surface area contributed by atoms with Crippen LogP contribution in [0.4, 0.5) is 0 Å². The van der Waals surface area contributed by atoms with E-state index in [1.165, 1.54) is 12.1 Å². The van der Waals surface area contributed by atoms with E-state index in [1.807, 2.05) is 6.92 Å². The largest absolute Gasteiger partial charge is 0.338 e. The highest BCUT2D eigenvalue weighted by Crippen LogP contribution is 2.26. The van der Waals surface area contributed by atoms with Gasteiger partial charge in [0.25, 0.3) is 15.0 Å². The van der Waals surface area contributed by atoms with Gasteiger partial charge in [-0.1, -0.05) is 13.3 Å². The van der Waals surface area contributed by atoms with E-state index < -0.39 is 9.05 Å². The predicted molar refractivity (Wildman–Crippen MR) is 83.3 cm³/mol. The number of carbonyl (C=O) groups excluding carboxylic acids is 1. The van der Waals surface area contributed by atoms with Gasteiger partial charge in [0.2, 0.25) is 0 Å². The number of likely N-dealkylation sites (tertiary alicyclic amines) is 1. The van der Waals surface area contributed by atoms with Gasteiger partial charge in [-0.25, -0.2) is 8.42 Å². The Kier molecular flexibility index (Phi) is 4.63. The van der Waals surface area contributed by atoms with Gasteiger partial charge in [0.15, 0.2) is 0 Å². The predicted octanol–water partition coefficient (Wildman–Crippen LogP) is 3.10. The van der Waals surface area contributed by atoms with E-state index in [-0.39, 0.29) is 10.8 Å². The van der Waals surface area contributed by atoms with E-state index in [4.69, 9.17) is 10.7 Å². The van der Waals surface area contributed by atoms with Crippen LogP contribution >= 0.6 is 10.7 Å². The average molecular weight is 330 g/mol. The molecule has 116 valence electrons. The summed E-state index contributed by atoms with van der Waals surface area (Å²) < 4.78 is 23.1. The van der Waals surface area contributed by atoms with E-state index in [0.717, 1.165) is 37.1 Å². The van der Waals surface area contributed by atoms with Crippen molar-refractivity contribution in [3.05, 3.63) is 28.8 Å². The lowest BCUT2D eigenvalue weighted by Crippen LogP contribution is -2.29. The number of rotatable bonds is 3. The van der Waals surface area contributed by atoms with E-state index in [0.29, 0.717) is 11.5 Å². The number of hydrogen-bond donors (Lipinski definition) is 0. The molecule has 21 heavy (non-hydrogen) atoms. The lowest BCUT2D eigenvalue weighted by Gasteiger charge is -2.19. The normalized spacial score (nSPS) is 19.0. The van der Waals surface area contributed by atoms with E-state index in [9.17, 15) is 13.2 Å². The summed E-state index contributed by atoms with van der Waals surface area (Å²) in [7, 11) is 1.58. The Balaban J connectivity index is 2.39. The fraction of sp³-hybridized carbons (Fsp3) is 0.533. The molecule has 0 aromatic heterocycles. The van der Waals surface area contributed by atoms with Gasteiger partial charge in [0, 0.05) is 29.3 Å². The fourth-order valence-electron chi connectivity index (χ4n) is 2.71. The smallest absolute Gasteiger partial charge is 0.261 e. The van der Waals surface area contributed by atoms with Crippen molar-refractivity contribution in [3.8, 4) is 0 Å². The highest BCUT2D eigenvalue weighted by atomic mass is 35.7. The fourth-order valence-corrected chi connectivity index (χ4v) is 3.55. The van der Waals surface area contributed by atoms with Gasteiger partial charge in [0.1, 0.15) is 0 Å². The van der Waals surface area contributed by atoms with Crippen LogP contribution < -0.4 is 0 Å². The van der Waals surface area contributed by atoms with Gasteiger partial charge in [-0.05, 0) is 49.4 Å². The summed E-state index contributed by atoms with van der Waals surface area (Å²) in [4.78, 5) is 14.4. The Labute approximate surface area is 130 Å². The zero-order chi connectivity index (χ0) is 15.8. The molecule has 1 atom stereocenters. The quantitative estimate of drug-likeness (QED) is 0.801. The molecule has 0 radical (unpaired) electrons. The molecule has 1 unspecified atom stereocenters. The summed E-state index contributed by atoms with van der Waals surface area (Å²) in [6, 6.07) is 2.90. The molecule has 1 fully saturated rings. The topological polar surface area (TPSA) is 54.5 Å². The minimum absolute atomic E-state index is 0.0122. The lowest BCUT2D eigenvalue weighted by atomic mass is 10.0. The summed E-state index contributed by atoms with van der Waals surface area (Å²) in [5.41, 5.74) is 2.00. The first kappa shape index (κ1) is 16.3. The molecular weight excluding hydrogens is 310 g/mol. The molecule has 1 aromatic rings. The van der Waals surface area contributed by atoms with Crippen LogP contribution in [-0.4, -0.2) is 32.3 Å². The minimum atomic E-state index is -3.84. The molecule has 6 heteroatoms. The van der Waals surface area contributed by atoms with Crippen molar-refractivity contribution in [3.63, 3.8) is 0 Å². The molecule has 2 rings (SSSR count). The number of carbonyl (C=O) groups is 1. The summed E-state index contributed by atoms with van der Waals surface area (Å²) in [6.07, 6.45) is 2.06. The molecule has 1 aliphatic rings. The van der Waals surface area contributed by atoms with Crippen molar-refractivity contribution >= 4 is 25.6 Å². The second kappa shape index (κ2) is 5.97. The summed E-state index contributed by atoms with van der Waals surface area (Å²) in [5, 5.41) is 0. The minimum Gasteiger partial charge on any atom is -0.338 e. The molecular formula is C15H20ClNO3S. The summed E-state index contributed by atoms with van der Waals surface area (Å²) in [6.45, 7) is 7.21. The molecule has 1 aromatic carbocycles. The molecule has 1 heterocycles. The molecule has 0 saturated carbocycles. The second-order valence-electron chi connectivity index (χ2n) is 5.66. The Hall–Kier alpha value is -1.07. The molecule has 0 N–H and O–H groups in total. The maximum absolute atomic E-state index is 12.6. The maximum Gasteiger partial charge on any atom is 0.261 e. The van der Waals surface area contributed by atoms with Crippen molar-refractivity contribution in [1.29, 1.82) is 0 Å². The number of hydrogen-bond acceptors (Lipinski definition) is 3. The van der Waals surface area contributed by atoms with Gasteiger partial charge in [-0.3, -0.25) is 4.79 Å². The first-order valence-electron chi connectivity index (χ1n) is 7.09. The van der Waals surface area contributed by atoms with Crippen LogP contribution in [0.15, 0.2) is 17.0 Å². The van der Waals surface area contributed by atoms with Crippen LogP contribution in [-0.2, 0) is 9.05 Å². The lowest BCUT2D eigenvalue weighted by molar-refractivity contribution is 0.0786. The molecule has 0 spiro atoms. The summed E-state index contributed by atoms with van der Waals surface area (Å²) in [5.74, 6) is 0.434. The Morgan fingerprint density at radius 3 is 2.57 bits per heavy atom. The van der Waals surface area contributed by atoms with Gasteiger partial charge >= 0.3 is 0 Å². The molecule has 1 amide bonds. The number of amides is 1. The average Bonchev–Trinajstić information content (AvgIpc) is 2.88. The van der Waals surface area contributed by atoms with Gasteiger partial charge in [-0.15, -0.1) is 0 Å². The second-order valence-corrected chi connectivity index (χ2v) is 8.23. The Morgan fingerprint density at radius 2 is 2.05 bits per heavy atom. The standard InChI is InChI=1S/C15H20ClNO3S/c1-4-12-5-6-17(9-12)15(18)14-8-13(21(16,19)20)7-10(2)11(14)3/h7-8,12H,4-6,9H2,1-3H3. The molecule has 0 bridgehead atoms. The number of nitrogens with zero attached hydrogens (tertiary/aromatic N) is 1. The van der Waals surface area contributed by atoms with Crippen LogP contribution in [0.3, 0.4) is 0 Å². The third kappa shape index (κ3) is 3.40.